The highest BCUT2D eigenvalue weighted by atomic mass is 16.7. The van der Waals surface area contributed by atoms with Crippen molar-refractivity contribution in [2.45, 2.75) is 6.54 Å². The van der Waals surface area contributed by atoms with Crippen LogP contribution in [0.25, 0.3) is 0 Å². The smallest absolute Gasteiger partial charge is 0.271 e. The molecule has 1 aliphatic rings. The third-order valence-electron chi connectivity index (χ3n) is 3.87. The van der Waals surface area contributed by atoms with Crippen molar-refractivity contribution < 1.29 is 14.3 Å². The molecule has 3 aromatic rings. The first-order valence-electron chi connectivity index (χ1n) is 8.07. The highest BCUT2D eigenvalue weighted by Crippen LogP contribution is 2.31. The van der Waals surface area contributed by atoms with Gasteiger partial charge >= 0.3 is 0 Å². The van der Waals surface area contributed by atoms with Gasteiger partial charge in [-0.3, -0.25) is 9.48 Å². The minimum absolute atomic E-state index is 0.224. The summed E-state index contributed by atoms with van der Waals surface area (Å²) < 4.78 is 12.4. The molecule has 26 heavy (non-hydrogen) atoms. The number of ether oxygens (including phenoxy) is 2. The summed E-state index contributed by atoms with van der Waals surface area (Å²) in [6.07, 6.45) is 5.16. The largest absolute Gasteiger partial charge is 0.454 e. The molecule has 0 unspecified atom stereocenters. The summed E-state index contributed by atoms with van der Waals surface area (Å²) in [5.41, 5.74) is 4.87. The minimum Gasteiger partial charge on any atom is -0.454 e. The lowest BCUT2D eigenvalue weighted by Crippen LogP contribution is -2.18. The minimum atomic E-state index is -0.274. The summed E-state index contributed by atoms with van der Waals surface area (Å²) >= 11 is 0. The Kier molecular flexibility index (Phi) is 4.34. The monoisotopic (exact) mass is 348 g/mol. The molecule has 7 heteroatoms. The molecule has 0 saturated heterocycles. The van der Waals surface area contributed by atoms with Crippen molar-refractivity contribution in [2.24, 2.45) is 5.10 Å². The number of rotatable bonds is 5. The van der Waals surface area contributed by atoms with Gasteiger partial charge in [-0.1, -0.05) is 12.1 Å². The van der Waals surface area contributed by atoms with Crippen LogP contribution in [0.5, 0.6) is 11.5 Å². The van der Waals surface area contributed by atoms with Crippen LogP contribution in [0.1, 0.15) is 21.5 Å². The molecule has 2 aromatic carbocycles. The molecule has 0 fully saturated rings. The van der Waals surface area contributed by atoms with Gasteiger partial charge in [-0.25, -0.2) is 5.43 Å². The van der Waals surface area contributed by atoms with Crippen molar-refractivity contribution in [2.75, 3.05) is 6.79 Å². The van der Waals surface area contributed by atoms with E-state index in [2.05, 4.69) is 15.6 Å². The van der Waals surface area contributed by atoms with Crippen molar-refractivity contribution >= 4 is 12.1 Å². The van der Waals surface area contributed by atoms with Gasteiger partial charge in [-0.2, -0.15) is 10.2 Å². The predicted octanol–water partition coefficient (Wildman–Crippen LogP) is 2.42. The molecule has 0 radical (unpaired) electrons. The molecule has 1 aliphatic heterocycles. The lowest BCUT2D eigenvalue weighted by Gasteiger charge is -2.05. The highest BCUT2D eigenvalue weighted by molar-refractivity contribution is 5.95. The van der Waals surface area contributed by atoms with E-state index in [-0.39, 0.29) is 12.7 Å². The summed E-state index contributed by atoms with van der Waals surface area (Å²) in [4.78, 5) is 12.3. The molecule has 0 atom stereocenters. The number of benzene rings is 2. The van der Waals surface area contributed by atoms with Crippen LogP contribution in [-0.2, 0) is 6.54 Å². The molecule has 0 saturated carbocycles. The SMILES string of the molecule is O=C(N/N=C\c1ccc2c(c1)OCO2)c1cccc(Cn2cccn2)c1. The van der Waals surface area contributed by atoms with Crippen LogP contribution in [0.15, 0.2) is 66.0 Å². The lowest BCUT2D eigenvalue weighted by molar-refractivity contribution is 0.0955. The third kappa shape index (κ3) is 3.56. The number of hydrazone groups is 1. The summed E-state index contributed by atoms with van der Waals surface area (Å²) in [6, 6.07) is 14.7. The van der Waals surface area contributed by atoms with Gasteiger partial charge in [0, 0.05) is 18.0 Å². The summed E-state index contributed by atoms with van der Waals surface area (Å²) in [5.74, 6) is 1.11. The zero-order chi connectivity index (χ0) is 17.8. The molecule has 1 N–H and O–H groups in total. The molecular formula is C19H16N4O3. The zero-order valence-electron chi connectivity index (χ0n) is 13.8. The number of fused-ring (bicyclic) bond motifs is 1. The van der Waals surface area contributed by atoms with Gasteiger partial charge in [-0.15, -0.1) is 0 Å². The Morgan fingerprint density at radius 2 is 2.12 bits per heavy atom. The number of amides is 1. The van der Waals surface area contributed by atoms with Crippen LogP contribution in [0.3, 0.4) is 0 Å². The molecule has 7 nitrogen and oxygen atoms in total. The number of carbonyl (C=O) groups excluding carboxylic acids is 1. The van der Waals surface area contributed by atoms with Crippen molar-refractivity contribution in [1.29, 1.82) is 0 Å². The normalized spacial score (nSPS) is 12.5. The molecule has 0 bridgehead atoms. The molecule has 1 amide bonds. The summed E-state index contributed by atoms with van der Waals surface area (Å²) in [5, 5.41) is 8.18. The van der Waals surface area contributed by atoms with Gasteiger partial charge in [0.05, 0.1) is 12.8 Å². The maximum Gasteiger partial charge on any atom is 0.271 e. The van der Waals surface area contributed by atoms with Gasteiger partial charge < -0.3 is 9.47 Å². The molecular weight excluding hydrogens is 332 g/mol. The highest BCUT2D eigenvalue weighted by Gasteiger charge is 2.12. The van der Waals surface area contributed by atoms with Gasteiger partial charge in [0.25, 0.3) is 5.91 Å². The fourth-order valence-electron chi connectivity index (χ4n) is 2.62. The number of hydrogen-bond donors (Lipinski definition) is 1. The second kappa shape index (κ2) is 7.10. The Balaban J connectivity index is 1.40. The Labute approximate surface area is 149 Å². The van der Waals surface area contributed by atoms with Crippen molar-refractivity contribution in [3.05, 3.63) is 77.6 Å². The van der Waals surface area contributed by atoms with Crippen LogP contribution in [0.2, 0.25) is 0 Å². The van der Waals surface area contributed by atoms with Crippen LogP contribution in [-0.4, -0.2) is 28.7 Å². The maximum atomic E-state index is 12.3. The first kappa shape index (κ1) is 15.9. The molecule has 2 heterocycles. The molecule has 4 rings (SSSR count). The van der Waals surface area contributed by atoms with E-state index in [1.165, 1.54) is 0 Å². The third-order valence-corrected chi connectivity index (χ3v) is 3.87. The Morgan fingerprint density at radius 1 is 1.19 bits per heavy atom. The number of hydrogen-bond acceptors (Lipinski definition) is 5. The van der Waals surface area contributed by atoms with Crippen LogP contribution < -0.4 is 14.9 Å². The van der Waals surface area contributed by atoms with Gasteiger partial charge in [0.15, 0.2) is 11.5 Å². The number of nitrogens with zero attached hydrogens (tertiary/aromatic N) is 3. The molecule has 0 spiro atoms. The summed E-state index contributed by atoms with van der Waals surface area (Å²) in [7, 11) is 0. The zero-order valence-corrected chi connectivity index (χ0v) is 13.8. The summed E-state index contributed by atoms with van der Waals surface area (Å²) in [6.45, 7) is 0.829. The van der Waals surface area contributed by atoms with Crippen molar-refractivity contribution in [3.63, 3.8) is 0 Å². The fraction of sp³-hybridized carbons (Fsp3) is 0.105. The second-order valence-corrected chi connectivity index (χ2v) is 5.72. The number of aromatic nitrogens is 2. The van der Waals surface area contributed by atoms with E-state index in [0.717, 1.165) is 11.1 Å². The predicted molar refractivity (Wildman–Crippen MR) is 95.4 cm³/mol. The Hall–Kier alpha value is -3.61. The van der Waals surface area contributed by atoms with Crippen molar-refractivity contribution in [1.82, 2.24) is 15.2 Å². The second-order valence-electron chi connectivity index (χ2n) is 5.72. The van der Waals surface area contributed by atoms with E-state index in [4.69, 9.17) is 9.47 Å². The van der Waals surface area contributed by atoms with E-state index in [1.807, 2.05) is 48.7 Å². The first-order chi connectivity index (χ1) is 12.8. The quantitative estimate of drug-likeness (QED) is 0.567. The molecule has 0 aliphatic carbocycles. The van der Waals surface area contributed by atoms with Gasteiger partial charge in [-0.05, 0) is 47.5 Å². The van der Waals surface area contributed by atoms with E-state index in [0.29, 0.717) is 23.6 Å². The Bertz CT molecular complexity index is 951. The van der Waals surface area contributed by atoms with E-state index >= 15 is 0 Å². The van der Waals surface area contributed by atoms with Crippen LogP contribution in [0.4, 0.5) is 0 Å². The average Bonchev–Trinajstić information content (AvgIpc) is 3.33. The number of nitrogens with one attached hydrogen (secondary N) is 1. The van der Waals surface area contributed by atoms with E-state index < -0.39 is 0 Å². The van der Waals surface area contributed by atoms with Crippen LogP contribution >= 0.6 is 0 Å². The van der Waals surface area contributed by atoms with Gasteiger partial charge in [0.2, 0.25) is 6.79 Å². The van der Waals surface area contributed by atoms with E-state index in [9.17, 15) is 4.79 Å². The van der Waals surface area contributed by atoms with Gasteiger partial charge in [0.1, 0.15) is 0 Å². The lowest BCUT2D eigenvalue weighted by atomic mass is 10.1. The standard InChI is InChI=1S/C19H16N4O3/c24-19(16-4-1-3-15(9-16)12-23-8-2-7-21-23)22-20-11-14-5-6-17-18(10-14)26-13-25-17/h1-11H,12-13H2,(H,22,24)/b20-11-. The topological polar surface area (TPSA) is 77.7 Å². The molecule has 1 aromatic heterocycles. The fourth-order valence-corrected chi connectivity index (χ4v) is 2.62. The van der Waals surface area contributed by atoms with Crippen molar-refractivity contribution in [3.8, 4) is 11.5 Å². The first-order valence-corrected chi connectivity index (χ1v) is 8.07. The number of carbonyl (C=O) groups is 1. The maximum absolute atomic E-state index is 12.3. The Morgan fingerprint density at radius 3 is 3.00 bits per heavy atom. The van der Waals surface area contributed by atoms with Crippen LogP contribution in [0, 0.1) is 0 Å². The van der Waals surface area contributed by atoms with E-state index in [1.54, 1.807) is 23.2 Å². The molecule has 130 valence electrons. The average molecular weight is 348 g/mol.